The number of nitrogens with one attached hydrogen (secondary N) is 1. The maximum atomic E-state index is 12.9. The summed E-state index contributed by atoms with van der Waals surface area (Å²) < 4.78 is 33.4. The highest BCUT2D eigenvalue weighted by atomic mass is 32.2. The molecule has 3 heterocycles. The molecule has 6 nitrogen and oxygen atoms in total. The first-order valence-electron chi connectivity index (χ1n) is 8.22. The predicted molar refractivity (Wildman–Crippen MR) is 102 cm³/mol. The summed E-state index contributed by atoms with van der Waals surface area (Å²) in [5, 5.41) is 3.49. The van der Waals surface area contributed by atoms with Crippen LogP contribution in [0.2, 0.25) is 0 Å². The van der Waals surface area contributed by atoms with Gasteiger partial charge in [0.2, 0.25) is 10.0 Å². The summed E-state index contributed by atoms with van der Waals surface area (Å²) in [4.78, 5) is 4.58. The molecule has 1 N–H and O–H groups in total. The molecule has 0 bridgehead atoms. The van der Waals surface area contributed by atoms with Gasteiger partial charge in [0.05, 0.1) is 27.2 Å². The number of fused-ring (bicyclic) bond motifs is 1. The summed E-state index contributed by atoms with van der Waals surface area (Å²) in [6, 6.07) is 5.64. The molecule has 9 heteroatoms. The van der Waals surface area contributed by atoms with Crippen molar-refractivity contribution in [2.75, 3.05) is 39.1 Å². The fraction of sp³-hybridized carbons (Fsp3) is 0.562. The van der Waals surface area contributed by atoms with Gasteiger partial charge in [-0.2, -0.15) is 16.1 Å². The highest BCUT2D eigenvalue weighted by Gasteiger charge is 2.52. The van der Waals surface area contributed by atoms with Crippen molar-refractivity contribution < 1.29 is 13.2 Å². The smallest absolute Gasteiger partial charge is 0.243 e. The Hall–Kier alpha value is -0.710. The molecule has 1 aromatic heterocycles. The second kappa shape index (κ2) is 6.79. The van der Waals surface area contributed by atoms with E-state index in [0.717, 1.165) is 28.9 Å². The molecule has 2 saturated heterocycles. The van der Waals surface area contributed by atoms with Gasteiger partial charge in [-0.05, 0) is 24.6 Å². The second-order valence-electron chi connectivity index (χ2n) is 6.60. The standard InChI is InChI=1S/C16H21N3O3S3/c1-22-5-4-17-12-7-16(24-8-12)9-19(10-16)25(20,21)13-2-3-14-15(6-13)23-11-18-14/h2-3,6,11-12,17H,4-5,7-10H2,1H3. The van der Waals surface area contributed by atoms with Gasteiger partial charge in [-0.3, -0.25) is 0 Å². The number of thioether (sulfide) groups is 1. The zero-order chi connectivity index (χ0) is 17.5. The number of nitrogens with zero attached hydrogens (tertiary/aromatic N) is 2. The third kappa shape index (κ3) is 3.33. The van der Waals surface area contributed by atoms with E-state index < -0.39 is 10.0 Å². The molecule has 2 aliphatic heterocycles. The quantitative estimate of drug-likeness (QED) is 0.747. The zero-order valence-electron chi connectivity index (χ0n) is 14.0. The molecule has 1 unspecified atom stereocenters. The Morgan fingerprint density at radius 1 is 1.44 bits per heavy atom. The molecule has 136 valence electrons. The number of ether oxygens (including phenoxy) is 1. The lowest BCUT2D eigenvalue weighted by atomic mass is 9.94. The number of benzene rings is 1. The minimum atomic E-state index is -3.41. The largest absolute Gasteiger partial charge is 0.383 e. The average Bonchev–Trinajstić information content (AvgIpc) is 3.19. The van der Waals surface area contributed by atoms with Crippen LogP contribution in [0.1, 0.15) is 6.42 Å². The van der Waals surface area contributed by atoms with Crippen molar-refractivity contribution in [2.45, 2.75) is 22.1 Å². The Labute approximate surface area is 156 Å². The van der Waals surface area contributed by atoms with E-state index in [1.807, 2.05) is 11.8 Å². The third-order valence-corrected chi connectivity index (χ3v) is 9.00. The molecule has 25 heavy (non-hydrogen) atoms. The molecule has 4 rings (SSSR count). The lowest BCUT2D eigenvalue weighted by Gasteiger charge is -2.46. The van der Waals surface area contributed by atoms with Gasteiger partial charge in [-0.15, -0.1) is 11.3 Å². The van der Waals surface area contributed by atoms with Crippen molar-refractivity contribution in [3.05, 3.63) is 23.7 Å². The summed E-state index contributed by atoms with van der Waals surface area (Å²) in [5.41, 5.74) is 2.59. The van der Waals surface area contributed by atoms with Crippen LogP contribution in [0.5, 0.6) is 0 Å². The molecule has 0 radical (unpaired) electrons. The van der Waals surface area contributed by atoms with E-state index in [1.165, 1.54) is 11.3 Å². The Morgan fingerprint density at radius 3 is 3.08 bits per heavy atom. The fourth-order valence-corrected chi connectivity index (χ4v) is 7.67. The van der Waals surface area contributed by atoms with E-state index in [0.29, 0.717) is 30.6 Å². The summed E-state index contributed by atoms with van der Waals surface area (Å²) in [6.07, 6.45) is 1.02. The molecule has 1 spiro atoms. The van der Waals surface area contributed by atoms with Crippen LogP contribution in [0.3, 0.4) is 0 Å². The number of hydrogen-bond donors (Lipinski definition) is 1. The maximum absolute atomic E-state index is 12.9. The number of rotatable bonds is 6. The maximum Gasteiger partial charge on any atom is 0.243 e. The number of hydrogen-bond acceptors (Lipinski definition) is 7. The molecule has 2 aliphatic rings. The summed E-state index contributed by atoms with van der Waals surface area (Å²) in [5.74, 6) is 1.03. The van der Waals surface area contributed by atoms with Crippen molar-refractivity contribution in [3.8, 4) is 0 Å². The molecule has 2 fully saturated rings. The van der Waals surface area contributed by atoms with Crippen LogP contribution in [0.15, 0.2) is 28.6 Å². The number of thiazole rings is 1. The van der Waals surface area contributed by atoms with E-state index in [-0.39, 0.29) is 4.75 Å². The van der Waals surface area contributed by atoms with Gasteiger partial charge in [0.25, 0.3) is 0 Å². The molecule has 1 aromatic carbocycles. The van der Waals surface area contributed by atoms with Crippen LogP contribution >= 0.6 is 23.1 Å². The first-order valence-corrected chi connectivity index (χ1v) is 11.5. The van der Waals surface area contributed by atoms with Crippen molar-refractivity contribution >= 4 is 43.3 Å². The molecular weight excluding hydrogens is 378 g/mol. The van der Waals surface area contributed by atoms with Crippen LogP contribution in [0, 0.1) is 0 Å². The Balaban J connectivity index is 1.41. The molecular formula is C16H21N3O3S3. The normalized spacial score (nSPS) is 23.3. The van der Waals surface area contributed by atoms with E-state index >= 15 is 0 Å². The van der Waals surface area contributed by atoms with Crippen LogP contribution in [-0.4, -0.2) is 67.6 Å². The predicted octanol–water partition coefficient (Wildman–Crippen LogP) is 1.78. The lowest BCUT2D eigenvalue weighted by molar-refractivity contribution is 0.189. The molecule has 2 aromatic rings. The lowest BCUT2D eigenvalue weighted by Crippen LogP contribution is -2.60. The minimum absolute atomic E-state index is 0.0758. The summed E-state index contributed by atoms with van der Waals surface area (Å²) >= 11 is 3.37. The van der Waals surface area contributed by atoms with Crippen LogP contribution < -0.4 is 5.32 Å². The van der Waals surface area contributed by atoms with Gasteiger partial charge in [-0.25, -0.2) is 13.4 Å². The van der Waals surface area contributed by atoms with Crippen LogP contribution in [0.25, 0.3) is 10.2 Å². The highest BCUT2D eigenvalue weighted by molar-refractivity contribution is 8.01. The van der Waals surface area contributed by atoms with E-state index in [1.54, 1.807) is 35.1 Å². The van der Waals surface area contributed by atoms with Crippen LogP contribution in [-0.2, 0) is 14.8 Å². The summed E-state index contributed by atoms with van der Waals surface area (Å²) in [7, 11) is -1.72. The van der Waals surface area contributed by atoms with Gasteiger partial charge in [0, 0.05) is 43.3 Å². The molecule has 1 atom stereocenters. The van der Waals surface area contributed by atoms with E-state index in [9.17, 15) is 8.42 Å². The van der Waals surface area contributed by atoms with E-state index in [4.69, 9.17) is 4.74 Å². The summed E-state index contributed by atoms with van der Waals surface area (Å²) in [6.45, 7) is 2.75. The Morgan fingerprint density at radius 2 is 2.28 bits per heavy atom. The Kier molecular flexibility index (Phi) is 4.80. The minimum Gasteiger partial charge on any atom is -0.383 e. The monoisotopic (exact) mass is 399 g/mol. The average molecular weight is 400 g/mol. The first-order chi connectivity index (χ1) is 12.0. The fourth-order valence-electron chi connectivity index (χ4n) is 3.47. The number of sulfonamides is 1. The van der Waals surface area contributed by atoms with Gasteiger partial charge < -0.3 is 10.1 Å². The van der Waals surface area contributed by atoms with Crippen molar-refractivity contribution in [1.29, 1.82) is 0 Å². The molecule has 0 saturated carbocycles. The number of methoxy groups -OCH3 is 1. The molecule has 0 aliphatic carbocycles. The Bertz CT molecular complexity index is 862. The van der Waals surface area contributed by atoms with Crippen molar-refractivity contribution in [1.82, 2.24) is 14.6 Å². The SMILES string of the molecule is COCCNC1CSC2(C1)CN(S(=O)(=O)c1ccc3ncsc3c1)C2. The van der Waals surface area contributed by atoms with Gasteiger partial charge >= 0.3 is 0 Å². The van der Waals surface area contributed by atoms with Gasteiger partial charge in [-0.1, -0.05) is 0 Å². The van der Waals surface area contributed by atoms with Crippen molar-refractivity contribution in [3.63, 3.8) is 0 Å². The molecule has 0 amide bonds. The highest BCUT2D eigenvalue weighted by Crippen LogP contribution is 2.46. The second-order valence-corrected chi connectivity index (χ2v) is 10.9. The van der Waals surface area contributed by atoms with Crippen LogP contribution in [0.4, 0.5) is 0 Å². The number of aromatic nitrogens is 1. The van der Waals surface area contributed by atoms with Gasteiger partial charge in [0.1, 0.15) is 0 Å². The topological polar surface area (TPSA) is 71.5 Å². The van der Waals surface area contributed by atoms with E-state index in [2.05, 4.69) is 10.3 Å². The van der Waals surface area contributed by atoms with Crippen molar-refractivity contribution in [2.24, 2.45) is 0 Å². The third-order valence-electron chi connectivity index (χ3n) is 4.82. The first kappa shape index (κ1) is 17.7. The zero-order valence-corrected chi connectivity index (χ0v) is 16.4. The van der Waals surface area contributed by atoms with Gasteiger partial charge in [0.15, 0.2) is 0 Å².